The Morgan fingerprint density at radius 2 is 1.62 bits per heavy atom. The van der Waals surface area contributed by atoms with Gasteiger partial charge in [-0.2, -0.15) is 0 Å². The zero-order valence-electron chi connectivity index (χ0n) is 10.4. The van der Waals surface area contributed by atoms with Crippen LogP contribution in [-0.4, -0.2) is 24.8 Å². The van der Waals surface area contributed by atoms with E-state index < -0.39 is 0 Å². The third-order valence-corrected chi connectivity index (χ3v) is 5.46. The molecule has 0 radical (unpaired) electrons. The van der Waals surface area contributed by atoms with E-state index in [0.717, 1.165) is 30.7 Å². The van der Waals surface area contributed by atoms with Crippen molar-refractivity contribution in [3.8, 4) is 0 Å². The highest BCUT2D eigenvalue weighted by Gasteiger charge is 2.53. The first kappa shape index (κ1) is 11.0. The van der Waals surface area contributed by atoms with E-state index in [1.807, 2.05) is 7.05 Å². The van der Waals surface area contributed by atoms with Gasteiger partial charge in [0, 0.05) is 0 Å². The van der Waals surface area contributed by atoms with Gasteiger partial charge in [0.1, 0.15) is 0 Å². The Hall–Kier alpha value is -0.0800. The van der Waals surface area contributed by atoms with Gasteiger partial charge in [0.2, 0.25) is 0 Å². The summed E-state index contributed by atoms with van der Waals surface area (Å²) in [5, 5.41) is 13.7. The highest BCUT2D eigenvalue weighted by Crippen LogP contribution is 2.61. The maximum atomic E-state index is 10.5. The summed E-state index contributed by atoms with van der Waals surface area (Å²) in [7, 11) is 1.98. The maximum Gasteiger partial charge on any atom is 0.0608 e. The lowest BCUT2D eigenvalue weighted by Crippen LogP contribution is -2.52. The van der Waals surface area contributed by atoms with Crippen LogP contribution in [0.15, 0.2) is 0 Å². The Morgan fingerprint density at radius 1 is 1.12 bits per heavy atom. The SMILES string of the molecule is CNCCC(O)C12CC3CC(CC(C3)C1)C2. The minimum Gasteiger partial charge on any atom is -0.393 e. The number of hydrogen-bond donors (Lipinski definition) is 2. The number of aliphatic hydroxyl groups excluding tert-OH is 1. The second-order valence-electron chi connectivity index (χ2n) is 6.69. The molecule has 4 fully saturated rings. The zero-order chi connectivity index (χ0) is 11.2. The van der Waals surface area contributed by atoms with Crippen LogP contribution < -0.4 is 5.32 Å². The van der Waals surface area contributed by atoms with E-state index in [2.05, 4.69) is 5.32 Å². The summed E-state index contributed by atoms with van der Waals surface area (Å²) >= 11 is 0. The molecule has 0 spiro atoms. The average molecular weight is 223 g/mol. The minimum absolute atomic E-state index is 0.0478. The molecule has 4 bridgehead atoms. The predicted octanol–water partition coefficient (Wildman–Crippen LogP) is 2.17. The third-order valence-electron chi connectivity index (χ3n) is 5.46. The van der Waals surface area contributed by atoms with Gasteiger partial charge in [0.15, 0.2) is 0 Å². The van der Waals surface area contributed by atoms with Crippen LogP contribution in [-0.2, 0) is 0 Å². The van der Waals surface area contributed by atoms with Gasteiger partial charge in [-0.25, -0.2) is 0 Å². The predicted molar refractivity (Wildman–Crippen MR) is 65.2 cm³/mol. The van der Waals surface area contributed by atoms with Gasteiger partial charge in [-0.15, -0.1) is 0 Å². The molecule has 0 aromatic rings. The topological polar surface area (TPSA) is 32.3 Å². The van der Waals surface area contributed by atoms with Crippen LogP contribution in [0.25, 0.3) is 0 Å². The first-order valence-electron chi connectivity index (χ1n) is 7.04. The fourth-order valence-corrected chi connectivity index (χ4v) is 5.17. The van der Waals surface area contributed by atoms with E-state index in [1.165, 1.54) is 38.5 Å². The standard InChI is InChI=1S/C14H25NO/c1-15-3-2-13(16)14-7-10-4-11(8-14)6-12(5-10)9-14/h10-13,15-16H,2-9H2,1H3. The molecule has 2 N–H and O–H groups in total. The molecule has 92 valence electrons. The Bertz CT molecular complexity index is 228. The summed E-state index contributed by atoms with van der Waals surface area (Å²) in [6, 6.07) is 0. The van der Waals surface area contributed by atoms with Crippen LogP contribution in [0.5, 0.6) is 0 Å². The van der Waals surface area contributed by atoms with Crippen LogP contribution in [0.1, 0.15) is 44.9 Å². The van der Waals surface area contributed by atoms with Gasteiger partial charge in [-0.1, -0.05) is 0 Å². The number of rotatable bonds is 4. The molecule has 2 heteroatoms. The molecule has 4 aliphatic carbocycles. The Kier molecular flexibility index (Phi) is 2.75. The Balaban J connectivity index is 1.72. The van der Waals surface area contributed by atoms with Gasteiger partial charge in [0.05, 0.1) is 6.10 Å². The molecule has 16 heavy (non-hydrogen) atoms. The molecule has 2 nitrogen and oxygen atoms in total. The van der Waals surface area contributed by atoms with Gasteiger partial charge in [-0.05, 0) is 81.7 Å². The second kappa shape index (κ2) is 3.99. The maximum absolute atomic E-state index is 10.5. The van der Waals surface area contributed by atoms with Crippen LogP contribution >= 0.6 is 0 Å². The molecule has 1 unspecified atom stereocenters. The molecule has 0 amide bonds. The quantitative estimate of drug-likeness (QED) is 0.765. The normalized spacial score (nSPS) is 47.2. The highest BCUT2D eigenvalue weighted by molar-refractivity contribution is 5.04. The minimum atomic E-state index is -0.0478. The Morgan fingerprint density at radius 3 is 2.06 bits per heavy atom. The van der Waals surface area contributed by atoms with Crippen molar-refractivity contribution in [2.45, 2.75) is 51.0 Å². The summed E-state index contributed by atoms with van der Waals surface area (Å²) in [6.45, 7) is 0.961. The van der Waals surface area contributed by atoms with Crippen molar-refractivity contribution in [2.24, 2.45) is 23.2 Å². The summed E-state index contributed by atoms with van der Waals surface area (Å²) in [6.07, 6.45) is 9.28. The molecule has 4 aliphatic rings. The molecule has 0 saturated heterocycles. The van der Waals surface area contributed by atoms with Crippen molar-refractivity contribution < 1.29 is 5.11 Å². The molecule has 0 aromatic carbocycles. The summed E-state index contributed by atoms with van der Waals surface area (Å²) in [5.41, 5.74) is 0.325. The second-order valence-corrected chi connectivity index (χ2v) is 6.69. The summed E-state index contributed by atoms with van der Waals surface area (Å²) in [4.78, 5) is 0. The molecule has 1 atom stereocenters. The van der Waals surface area contributed by atoms with Crippen molar-refractivity contribution in [3.05, 3.63) is 0 Å². The molecule has 4 saturated carbocycles. The lowest BCUT2D eigenvalue weighted by Gasteiger charge is -2.58. The Labute approximate surface area is 98.8 Å². The highest BCUT2D eigenvalue weighted by atomic mass is 16.3. The monoisotopic (exact) mass is 223 g/mol. The van der Waals surface area contributed by atoms with E-state index in [4.69, 9.17) is 0 Å². The molecule has 0 aliphatic heterocycles. The van der Waals surface area contributed by atoms with Gasteiger partial charge < -0.3 is 10.4 Å². The van der Waals surface area contributed by atoms with Crippen LogP contribution in [0, 0.1) is 23.2 Å². The number of hydrogen-bond acceptors (Lipinski definition) is 2. The van der Waals surface area contributed by atoms with Crippen molar-refractivity contribution in [3.63, 3.8) is 0 Å². The summed E-state index contributed by atoms with van der Waals surface area (Å²) < 4.78 is 0. The van der Waals surface area contributed by atoms with E-state index in [0.29, 0.717) is 5.41 Å². The van der Waals surface area contributed by atoms with Crippen LogP contribution in [0.3, 0.4) is 0 Å². The van der Waals surface area contributed by atoms with E-state index >= 15 is 0 Å². The lowest BCUT2D eigenvalue weighted by molar-refractivity contribution is -0.121. The van der Waals surface area contributed by atoms with Crippen molar-refractivity contribution in [2.75, 3.05) is 13.6 Å². The lowest BCUT2D eigenvalue weighted by atomic mass is 9.48. The zero-order valence-corrected chi connectivity index (χ0v) is 10.4. The van der Waals surface area contributed by atoms with Gasteiger partial charge >= 0.3 is 0 Å². The van der Waals surface area contributed by atoms with Gasteiger partial charge in [0.25, 0.3) is 0 Å². The molecule has 4 rings (SSSR count). The first-order valence-corrected chi connectivity index (χ1v) is 7.04. The smallest absolute Gasteiger partial charge is 0.0608 e. The van der Waals surface area contributed by atoms with E-state index in [-0.39, 0.29) is 6.10 Å². The van der Waals surface area contributed by atoms with Crippen molar-refractivity contribution in [1.29, 1.82) is 0 Å². The van der Waals surface area contributed by atoms with Crippen molar-refractivity contribution in [1.82, 2.24) is 5.32 Å². The molecular formula is C14H25NO. The number of aliphatic hydroxyl groups is 1. The van der Waals surface area contributed by atoms with Crippen molar-refractivity contribution >= 4 is 0 Å². The van der Waals surface area contributed by atoms with E-state index in [1.54, 1.807) is 0 Å². The molecule has 0 heterocycles. The first-order chi connectivity index (χ1) is 7.72. The van der Waals surface area contributed by atoms with Gasteiger partial charge in [-0.3, -0.25) is 0 Å². The third kappa shape index (κ3) is 1.70. The van der Waals surface area contributed by atoms with E-state index in [9.17, 15) is 5.11 Å². The molecule has 0 aromatic heterocycles. The average Bonchev–Trinajstić information content (AvgIpc) is 2.24. The summed E-state index contributed by atoms with van der Waals surface area (Å²) in [5.74, 6) is 2.86. The molecular weight excluding hydrogens is 198 g/mol. The van der Waals surface area contributed by atoms with Crippen LogP contribution in [0.4, 0.5) is 0 Å². The fraction of sp³-hybridized carbons (Fsp3) is 1.00. The largest absolute Gasteiger partial charge is 0.393 e. The fourth-order valence-electron chi connectivity index (χ4n) is 5.17. The number of nitrogens with one attached hydrogen (secondary N) is 1. The van der Waals surface area contributed by atoms with Crippen LogP contribution in [0.2, 0.25) is 0 Å².